The lowest BCUT2D eigenvalue weighted by molar-refractivity contribution is 0.00999. The molecule has 2 rings (SSSR count). The minimum atomic E-state index is 0.720. The molecule has 2 heteroatoms. The Balaban J connectivity index is 2.07. The highest BCUT2D eigenvalue weighted by molar-refractivity contribution is 4.93. The van der Waals surface area contributed by atoms with Crippen LogP contribution in [-0.4, -0.2) is 36.6 Å². The number of piperidine rings is 2. The first-order chi connectivity index (χ1) is 7.24. The summed E-state index contributed by atoms with van der Waals surface area (Å²) in [6.45, 7) is 10.9. The predicted octanol–water partition coefficient (Wildman–Crippen LogP) is 2.10. The van der Waals surface area contributed by atoms with Gasteiger partial charge in [0.25, 0.3) is 0 Å². The van der Waals surface area contributed by atoms with Gasteiger partial charge in [0.15, 0.2) is 0 Å². The van der Waals surface area contributed by atoms with Crippen molar-refractivity contribution in [3.63, 3.8) is 0 Å². The van der Waals surface area contributed by atoms with E-state index >= 15 is 0 Å². The van der Waals surface area contributed by atoms with E-state index in [9.17, 15) is 0 Å². The van der Waals surface area contributed by atoms with Gasteiger partial charge in [-0.15, -0.1) is 0 Å². The Hall–Kier alpha value is -0.0800. The number of nitrogens with zero attached hydrogens (tertiary/aromatic N) is 1. The molecule has 0 amide bonds. The molecule has 0 aromatic heterocycles. The molecule has 2 nitrogen and oxygen atoms in total. The van der Waals surface area contributed by atoms with E-state index in [0.717, 1.165) is 23.9 Å². The SMILES string of the molecule is CCC1C2CNCCC2CCN1C(C)C. The van der Waals surface area contributed by atoms with Crippen molar-refractivity contribution in [3.05, 3.63) is 0 Å². The van der Waals surface area contributed by atoms with E-state index < -0.39 is 0 Å². The highest BCUT2D eigenvalue weighted by Crippen LogP contribution is 2.35. The molecule has 0 aliphatic carbocycles. The van der Waals surface area contributed by atoms with Gasteiger partial charge >= 0.3 is 0 Å². The summed E-state index contributed by atoms with van der Waals surface area (Å²) in [4.78, 5) is 2.73. The molecule has 0 radical (unpaired) electrons. The van der Waals surface area contributed by atoms with Crippen molar-refractivity contribution in [3.8, 4) is 0 Å². The Morgan fingerprint density at radius 3 is 2.80 bits per heavy atom. The topological polar surface area (TPSA) is 15.3 Å². The van der Waals surface area contributed by atoms with E-state index in [1.807, 2.05) is 0 Å². The molecule has 15 heavy (non-hydrogen) atoms. The summed E-state index contributed by atoms with van der Waals surface area (Å²) in [6.07, 6.45) is 4.16. The third kappa shape index (κ3) is 2.21. The van der Waals surface area contributed by atoms with Crippen molar-refractivity contribution in [2.24, 2.45) is 11.8 Å². The molecule has 2 saturated heterocycles. The largest absolute Gasteiger partial charge is 0.316 e. The summed E-state index contributed by atoms with van der Waals surface area (Å²) < 4.78 is 0. The lowest BCUT2D eigenvalue weighted by Crippen LogP contribution is -2.56. The summed E-state index contributed by atoms with van der Waals surface area (Å²) >= 11 is 0. The summed E-state index contributed by atoms with van der Waals surface area (Å²) in [6, 6.07) is 1.55. The highest BCUT2D eigenvalue weighted by atomic mass is 15.2. The average molecular weight is 210 g/mol. The molecule has 2 aliphatic rings. The molecule has 0 bridgehead atoms. The van der Waals surface area contributed by atoms with Gasteiger partial charge in [0, 0.05) is 12.1 Å². The summed E-state index contributed by atoms with van der Waals surface area (Å²) in [5.74, 6) is 1.92. The van der Waals surface area contributed by atoms with Crippen LogP contribution in [-0.2, 0) is 0 Å². The van der Waals surface area contributed by atoms with Crippen LogP contribution in [0.25, 0.3) is 0 Å². The molecule has 0 aromatic rings. The van der Waals surface area contributed by atoms with Gasteiger partial charge in [-0.05, 0) is 64.6 Å². The van der Waals surface area contributed by atoms with E-state index in [2.05, 4.69) is 31.0 Å². The lowest BCUT2D eigenvalue weighted by atomic mass is 9.74. The average Bonchev–Trinajstić information content (AvgIpc) is 2.27. The quantitative estimate of drug-likeness (QED) is 0.751. The second-order valence-electron chi connectivity index (χ2n) is 5.51. The molecule has 2 fully saturated rings. The van der Waals surface area contributed by atoms with Crippen molar-refractivity contribution >= 4 is 0 Å². The molecule has 0 spiro atoms. The van der Waals surface area contributed by atoms with Gasteiger partial charge in [0.05, 0.1) is 0 Å². The zero-order chi connectivity index (χ0) is 10.8. The van der Waals surface area contributed by atoms with Crippen LogP contribution in [0.2, 0.25) is 0 Å². The minimum Gasteiger partial charge on any atom is -0.316 e. The Morgan fingerprint density at radius 2 is 2.13 bits per heavy atom. The molecule has 3 atom stereocenters. The maximum atomic E-state index is 3.58. The van der Waals surface area contributed by atoms with Gasteiger partial charge in [-0.1, -0.05) is 6.92 Å². The third-order valence-electron chi connectivity index (χ3n) is 4.44. The van der Waals surface area contributed by atoms with Crippen molar-refractivity contribution in [1.82, 2.24) is 10.2 Å². The standard InChI is InChI=1S/C13H26N2/c1-4-13-12-9-14-7-5-11(12)6-8-15(13)10(2)3/h10-14H,4-9H2,1-3H3. The van der Waals surface area contributed by atoms with Crippen LogP contribution >= 0.6 is 0 Å². The highest BCUT2D eigenvalue weighted by Gasteiger charge is 2.38. The molecular formula is C13H26N2. The number of likely N-dealkylation sites (tertiary alicyclic amines) is 1. The molecule has 2 heterocycles. The Bertz CT molecular complexity index is 203. The van der Waals surface area contributed by atoms with Crippen LogP contribution in [0.15, 0.2) is 0 Å². The van der Waals surface area contributed by atoms with E-state index in [1.165, 1.54) is 38.9 Å². The van der Waals surface area contributed by atoms with E-state index in [1.54, 1.807) is 0 Å². The Morgan fingerprint density at radius 1 is 1.33 bits per heavy atom. The second-order valence-corrected chi connectivity index (χ2v) is 5.51. The summed E-state index contributed by atoms with van der Waals surface area (Å²) in [7, 11) is 0. The smallest absolute Gasteiger partial charge is 0.0138 e. The monoisotopic (exact) mass is 210 g/mol. The molecule has 0 saturated carbocycles. The maximum absolute atomic E-state index is 3.58. The predicted molar refractivity (Wildman–Crippen MR) is 65.0 cm³/mol. The maximum Gasteiger partial charge on any atom is 0.0138 e. The van der Waals surface area contributed by atoms with Crippen molar-refractivity contribution in [1.29, 1.82) is 0 Å². The number of hydrogen-bond donors (Lipinski definition) is 1. The fraction of sp³-hybridized carbons (Fsp3) is 1.00. The molecule has 1 N–H and O–H groups in total. The minimum absolute atomic E-state index is 0.720. The van der Waals surface area contributed by atoms with Gasteiger partial charge < -0.3 is 5.32 Å². The Labute approximate surface area is 94.4 Å². The van der Waals surface area contributed by atoms with E-state index in [0.29, 0.717) is 0 Å². The lowest BCUT2D eigenvalue weighted by Gasteiger charge is -2.49. The van der Waals surface area contributed by atoms with Crippen LogP contribution in [0, 0.1) is 11.8 Å². The molecule has 2 aliphatic heterocycles. The first kappa shape index (κ1) is 11.4. The number of fused-ring (bicyclic) bond motifs is 1. The van der Waals surface area contributed by atoms with Gasteiger partial charge in [-0.2, -0.15) is 0 Å². The van der Waals surface area contributed by atoms with Gasteiger partial charge in [-0.3, -0.25) is 4.90 Å². The van der Waals surface area contributed by atoms with Gasteiger partial charge in [0.1, 0.15) is 0 Å². The molecule has 3 unspecified atom stereocenters. The summed E-state index contributed by atoms with van der Waals surface area (Å²) in [5.41, 5.74) is 0. The van der Waals surface area contributed by atoms with Gasteiger partial charge in [0.2, 0.25) is 0 Å². The number of hydrogen-bond acceptors (Lipinski definition) is 2. The zero-order valence-electron chi connectivity index (χ0n) is 10.5. The fourth-order valence-electron chi connectivity index (χ4n) is 3.65. The second kappa shape index (κ2) is 4.84. The van der Waals surface area contributed by atoms with Crippen LogP contribution in [0.4, 0.5) is 0 Å². The first-order valence-corrected chi connectivity index (χ1v) is 6.70. The van der Waals surface area contributed by atoms with Crippen LogP contribution in [0.5, 0.6) is 0 Å². The summed E-state index contributed by atoms with van der Waals surface area (Å²) in [5, 5.41) is 3.58. The molecular weight excluding hydrogens is 184 g/mol. The van der Waals surface area contributed by atoms with Crippen LogP contribution in [0.3, 0.4) is 0 Å². The number of rotatable bonds is 2. The van der Waals surface area contributed by atoms with Crippen molar-refractivity contribution < 1.29 is 0 Å². The molecule has 88 valence electrons. The van der Waals surface area contributed by atoms with Gasteiger partial charge in [-0.25, -0.2) is 0 Å². The van der Waals surface area contributed by atoms with Crippen LogP contribution in [0.1, 0.15) is 40.0 Å². The van der Waals surface area contributed by atoms with E-state index in [-0.39, 0.29) is 0 Å². The van der Waals surface area contributed by atoms with E-state index in [4.69, 9.17) is 0 Å². The zero-order valence-corrected chi connectivity index (χ0v) is 10.5. The van der Waals surface area contributed by atoms with Crippen molar-refractivity contribution in [2.75, 3.05) is 19.6 Å². The number of nitrogens with one attached hydrogen (secondary N) is 1. The fourth-order valence-corrected chi connectivity index (χ4v) is 3.65. The van der Waals surface area contributed by atoms with Crippen LogP contribution < -0.4 is 5.32 Å². The van der Waals surface area contributed by atoms with Crippen molar-refractivity contribution in [2.45, 2.75) is 52.1 Å². The third-order valence-corrected chi connectivity index (χ3v) is 4.44. The first-order valence-electron chi connectivity index (χ1n) is 6.70. The molecule has 0 aromatic carbocycles. The Kier molecular flexibility index (Phi) is 3.68. The normalized spacial score (nSPS) is 38.0.